The molecule has 1 aromatic rings. The molecule has 1 aromatic carbocycles. The predicted octanol–water partition coefficient (Wildman–Crippen LogP) is 2.82. The second-order valence-corrected chi connectivity index (χ2v) is 4.88. The lowest BCUT2D eigenvalue weighted by Gasteiger charge is -2.16. The van der Waals surface area contributed by atoms with Crippen LogP contribution in [0.25, 0.3) is 0 Å². The summed E-state index contributed by atoms with van der Waals surface area (Å²) >= 11 is 6.07. The highest BCUT2D eigenvalue weighted by molar-refractivity contribution is 6.31. The second kappa shape index (κ2) is 5.61. The number of ether oxygens (including phenoxy) is 1. The van der Waals surface area contributed by atoms with Gasteiger partial charge in [0.1, 0.15) is 5.75 Å². The van der Waals surface area contributed by atoms with Crippen molar-refractivity contribution < 1.29 is 4.74 Å². The number of aryl methyl sites for hydroxylation is 1. The Morgan fingerprint density at radius 2 is 2.35 bits per heavy atom. The van der Waals surface area contributed by atoms with Gasteiger partial charge in [0.2, 0.25) is 0 Å². The molecule has 1 atom stereocenters. The van der Waals surface area contributed by atoms with Crippen molar-refractivity contribution in [3.8, 4) is 5.75 Å². The Morgan fingerprint density at radius 3 is 3.00 bits per heavy atom. The van der Waals surface area contributed by atoms with Crippen molar-refractivity contribution in [2.75, 3.05) is 25.5 Å². The normalized spacial score (nSPS) is 19.4. The van der Waals surface area contributed by atoms with Crippen LogP contribution < -0.4 is 15.4 Å². The van der Waals surface area contributed by atoms with Crippen LogP contribution in [-0.4, -0.2) is 26.2 Å². The Bertz CT molecular complexity index is 389. The number of methoxy groups -OCH3 is 1. The monoisotopic (exact) mass is 254 g/mol. The zero-order valence-electron chi connectivity index (χ0n) is 10.3. The Hall–Kier alpha value is -0.930. The summed E-state index contributed by atoms with van der Waals surface area (Å²) in [5.74, 6) is 0.804. The number of halogens is 1. The molecule has 4 heteroatoms. The van der Waals surface area contributed by atoms with Crippen LogP contribution in [0.4, 0.5) is 5.69 Å². The average molecular weight is 255 g/mol. The molecule has 0 amide bonds. The van der Waals surface area contributed by atoms with Gasteiger partial charge >= 0.3 is 0 Å². The molecule has 0 aromatic heterocycles. The van der Waals surface area contributed by atoms with E-state index in [9.17, 15) is 0 Å². The molecular formula is C13H19ClN2O. The van der Waals surface area contributed by atoms with Crippen LogP contribution in [0.3, 0.4) is 0 Å². The predicted molar refractivity (Wildman–Crippen MR) is 72.3 cm³/mol. The van der Waals surface area contributed by atoms with Gasteiger partial charge in [-0.25, -0.2) is 0 Å². The minimum Gasteiger partial charge on any atom is -0.495 e. The fourth-order valence-corrected chi connectivity index (χ4v) is 2.29. The largest absolute Gasteiger partial charge is 0.495 e. The first-order valence-corrected chi connectivity index (χ1v) is 6.40. The number of rotatable bonds is 4. The van der Waals surface area contributed by atoms with E-state index in [1.807, 2.05) is 19.1 Å². The van der Waals surface area contributed by atoms with Gasteiger partial charge in [0.25, 0.3) is 0 Å². The molecule has 3 nitrogen and oxygen atoms in total. The summed E-state index contributed by atoms with van der Waals surface area (Å²) < 4.78 is 5.33. The molecule has 0 bridgehead atoms. The standard InChI is InChI=1S/C13H19ClN2O/c1-9-6-12(13(17-2)7-11(9)14)16-8-10-4-3-5-15-10/h6-7,10,15-16H,3-5,8H2,1-2H3. The van der Waals surface area contributed by atoms with Crippen LogP contribution >= 0.6 is 11.6 Å². The Kier molecular flexibility index (Phi) is 4.13. The lowest BCUT2D eigenvalue weighted by Crippen LogP contribution is -2.29. The summed E-state index contributed by atoms with van der Waals surface area (Å²) in [6, 6.07) is 4.47. The molecule has 0 aliphatic carbocycles. The third-order valence-corrected chi connectivity index (χ3v) is 3.59. The topological polar surface area (TPSA) is 33.3 Å². The zero-order chi connectivity index (χ0) is 12.3. The van der Waals surface area contributed by atoms with E-state index < -0.39 is 0 Å². The smallest absolute Gasteiger partial charge is 0.143 e. The van der Waals surface area contributed by atoms with Crippen molar-refractivity contribution in [1.29, 1.82) is 0 Å². The third-order valence-electron chi connectivity index (χ3n) is 3.18. The highest BCUT2D eigenvalue weighted by atomic mass is 35.5. The fourth-order valence-electron chi connectivity index (χ4n) is 2.13. The van der Waals surface area contributed by atoms with Gasteiger partial charge in [-0.3, -0.25) is 0 Å². The molecule has 2 N–H and O–H groups in total. The Labute approximate surface area is 107 Å². The lowest BCUT2D eigenvalue weighted by molar-refractivity contribution is 0.416. The van der Waals surface area contributed by atoms with E-state index in [4.69, 9.17) is 16.3 Å². The van der Waals surface area contributed by atoms with Gasteiger partial charge in [-0.2, -0.15) is 0 Å². The van der Waals surface area contributed by atoms with E-state index in [-0.39, 0.29) is 0 Å². The number of hydrogen-bond acceptors (Lipinski definition) is 3. The van der Waals surface area contributed by atoms with E-state index in [0.717, 1.165) is 35.1 Å². The van der Waals surface area contributed by atoms with Crippen molar-refractivity contribution in [3.05, 3.63) is 22.7 Å². The summed E-state index contributed by atoms with van der Waals surface area (Å²) in [7, 11) is 1.67. The summed E-state index contributed by atoms with van der Waals surface area (Å²) in [5.41, 5.74) is 2.08. The molecule has 1 heterocycles. The molecule has 1 saturated heterocycles. The van der Waals surface area contributed by atoms with Crippen LogP contribution in [0.2, 0.25) is 5.02 Å². The highest BCUT2D eigenvalue weighted by Crippen LogP contribution is 2.30. The van der Waals surface area contributed by atoms with Gasteiger partial charge in [0, 0.05) is 23.7 Å². The summed E-state index contributed by atoms with van der Waals surface area (Å²) in [4.78, 5) is 0. The SMILES string of the molecule is COc1cc(Cl)c(C)cc1NCC1CCCN1. The molecule has 17 heavy (non-hydrogen) atoms. The Balaban J connectivity index is 2.05. The molecule has 1 aliphatic rings. The van der Waals surface area contributed by atoms with Gasteiger partial charge in [-0.05, 0) is 37.9 Å². The van der Waals surface area contributed by atoms with E-state index in [2.05, 4.69) is 10.6 Å². The van der Waals surface area contributed by atoms with Crippen molar-refractivity contribution in [2.24, 2.45) is 0 Å². The van der Waals surface area contributed by atoms with Crippen LogP contribution in [0.15, 0.2) is 12.1 Å². The second-order valence-electron chi connectivity index (χ2n) is 4.48. The minimum atomic E-state index is 0.565. The van der Waals surface area contributed by atoms with Crippen molar-refractivity contribution in [2.45, 2.75) is 25.8 Å². The minimum absolute atomic E-state index is 0.565. The molecule has 0 radical (unpaired) electrons. The Morgan fingerprint density at radius 1 is 1.53 bits per heavy atom. The van der Waals surface area contributed by atoms with Crippen molar-refractivity contribution in [3.63, 3.8) is 0 Å². The molecule has 0 spiro atoms. The lowest BCUT2D eigenvalue weighted by atomic mass is 10.2. The van der Waals surface area contributed by atoms with Gasteiger partial charge in [-0.1, -0.05) is 11.6 Å². The van der Waals surface area contributed by atoms with Crippen molar-refractivity contribution >= 4 is 17.3 Å². The molecule has 2 rings (SSSR count). The maximum Gasteiger partial charge on any atom is 0.143 e. The number of hydrogen-bond donors (Lipinski definition) is 2. The first-order chi connectivity index (χ1) is 8.20. The average Bonchev–Trinajstić information content (AvgIpc) is 2.83. The summed E-state index contributed by atoms with van der Waals surface area (Å²) in [6.45, 7) is 4.06. The van der Waals surface area contributed by atoms with Crippen LogP contribution in [0, 0.1) is 6.92 Å². The van der Waals surface area contributed by atoms with E-state index in [0.29, 0.717) is 6.04 Å². The highest BCUT2D eigenvalue weighted by Gasteiger charge is 2.14. The molecule has 0 saturated carbocycles. The molecular weight excluding hydrogens is 236 g/mol. The summed E-state index contributed by atoms with van der Waals surface area (Å²) in [5, 5.41) is 7.63. The quantitative estimate of drug-likeness (QED) is 0.867. The van der Waals surface area contributed by atoms with E-state index >= 15 is 0 Å². The number of anilines is 1. The first kappa shape index (κ1) is 12.5. The van der Waals surface area contributed by atoms with Gasteiger partial charge in [0.15, 0.2) is 0 Å². The first-order valence-electron chi connectivity index (χ1n) is 6.02. The fraction of sp³-hybridized carbons (Fsp3) is 0.538. The number of benzene rings is 1. The number of nitrogens with one attached hydrogen (secondary N) is 2. The van der Waals surface area contributed by atoms with Crippen LogP contribution in [0.1, 0.15) is 18.4 Å². The summed E-state index contributed by atoms with van der Waals surface area (Å²) in [6.07, 6.45) is 2.50. The molecule has 1 unspecified atom stereocenters. The van der Waals surface area contributed by atoms with Crippen LogP contribution in [0.5, 0.6) is 5.75 Å². The zero-order valence-corrected chi connectivity index (χ0v) is 11.1. The van der Waals surface area contributed by atoms with Gasteiger partial charge < -0.3 is 15.4 Å². The van der Waals surface area contributed by atoms with Gasteiger partial charge in [0.05, 0.1) is 12.8 Å². The van der Waals surface area contributed by atoms with E-state index in [1.165, 1.54) is 12.8 Å². The molecule has 1 aliphatic heterocycles. The third kappa shape index (κ3) is 3.05. The maximum atomic E-state index is 6.07. The molecule has 94 valence electrons. The van der Waals surface area contributed by atoms with Crippen LogP contribution in [-0.2, 0) is 0 Å². The van der Waals surface area contributed by atoms with Crippen molar-refractivity contribution in [1.82, 2.24) is 5.32 Å². The maximum absolute atomic E-state index is 6.07. The molecule has 1 fully saturated rings. The van der Waals surface area contributed by atoms with E-state index in [1.54, 1.807) is 7.11 Å². The van der Waals surface area contributed by atoms with Gasteiger partial charge in [-0.15, -0.1) is 0 Å².